The van der Waals surface area contributed by atoms with Gasteiger partial charge in [0.2, 0.25) is 0 Å². The van der Waals surface area contributed by atoms with E-state index >= 15 is 0 Å². The van der Waals surface area contributed by atoms with E-state index in [2.05, 4.69) is 36.2 Å². The zero-order valence-electron chi connectivity index (χ0n) is 10.4. The van der Waals surface area contributed by atoms with Gasteiger partial charge in [0.1, 0.15) is 0 Å². The number of hydrogen-bond acceptors (Lipinski definition) is 2. The molecule has 2 aromatic rings. The lowest BCUT2D eigenvalue weighted by Gasteiger charge is -2.17. The van der Waals surface area contributed by atoms with Crippen LogP contribution in [-0.2, 0) is 6.42 Å². The highest BCUT2D eigenvalue weighted by atomic mass is 16.3. The van der Waals surface area contributed by atoms with E-state index in [0.717, 1.165) is 18.4 Å². The maximum atomic E-state index is 9.84. The quantitative estimate of drug-likeness (QED) is 0.873. The van der Waals surface area contributed by atoms with Gasteiger partial charge in [-0.2, -0.15) is 0 Å². The number of benzene rings is 1. The lowest BCUT2D eigenvalue weighted by Crippen LogP contribution is -2.18. The van der Waals surface area contributed by atoms with Gasteiger partial charge in [-0.1, -0.05) is 38.1 Å². The highest BCUT2D eigenvalue weighted by Gasteiger charge is 2.14. The Morgan fingerprint density at radius 2 is 2.00 bits per heavy atom. The molecule has 0 amide bonds. The van der Waals surface area contributed by atoms with Crippen LogP contribution in [0.1, 0.15) is 25.8 Å². The molecule has 0 fully saturated rings. The van der Waals surface area contributed by atoms with Gasteiger partial charge >= 0.3 is 0 Å². The molecule has 0 aliphatic rings. The molecule has 0 radical (unpaired) electrons. The summed E-state index contributed by atoms with van der Waals surface area (Å²) in [6, 6.07) is 10.3. The lowest BCUT2D eigenvalue weighted by atomic mass is 9.93. The molecular formula is C15H19NO. The molecule has 2 rings (SSSR count). The second-order valence-electron chi connectivity index (χ2n) is 4.65. The minimum absolute atomic E-state index is 0.228. The summed E-state index contributed by atoms with van der Waals surface area (Å²) in [4.78, 5) is 4.44. The molecule has 1 aromatic carbocycles. The van der Waals surface area contributed by atoms with Gasteiger partial charge < -0.3 is 5.11 Å². The normalized spacial score (nSPS) is 14.8. The van der Waals surface area contributed by atoms with Crippen LogP contribution in [0.4, 0.5) is 0 Å². The highest BCUT2D eigenvalue weighted by molar-refractivity contribution is 5.81. The molecule has 90 valence electrons. The molecule has 1 aromatic heterocycles. The molecule has 2 atom stereocenters. The van der Waals surface area contributed by atoms with Crippen LogP contribution in [-0.4, -0.2) is 16.2 Å². The molecule has 1 N–H and O–H groups in total. The molecule has 0 saturated carbocycles. The van der Waals surface area contributed by atoms with Crippen molar-refractivity contribution < 1.29 is 5.11 Å². The molecule has 0 bridgehead atoms. The van der Waals surface area contributed by atoms with Crippen LogP contribution in [0.2, 0.25) is 0 Å². The fourth-order valence-corrected chi connectivity index (χ4v) is 2.22. The summed E-state index contributed by atoms with van der Waals surface area (Å²) < 4.78 is 0. The van der Waals surface area contributed by atoms with E-state index in [1.807, 2.05) is 19.2 Å². The van der Waals surface area contributed by atoms with Crippen molar-refractivity contribution in [3.05, 3.63) is 42.1 Å². The first-order valence-corrected chi connectivity index (χ1v) is 6.23. The molecule has 17 heavy (non-hydrogen) atoms. The van der Waals surface area contributed by atoms with Crippen LogP contribution in [0.15, 0.2) is 36.5 Å². The van der Waals surface area contributed by atoms with Gasteiger partial charge in [-0.05, 0) is 30.4 Å². The second kappa shape index (κ2) is 5.28. The number of fused-ring (bicyclic) bond motifs is 1. The van der Waals surface area contributed by atoms with Gasteiger partial charge in [0.05, 0.1) is 11.6 Å². The van der Waals surface area contributed by atoms with Gasteiger partial charge in [0, 0.05) is 11.6 Å². The van der Waals surface area contributed by atoms with Crippen molar-refractivity contribution in [1.29, 1.82) is 0 Å². The third kappa shape index (κ3) is 2.64. The molecule has 1 heterocycles. The van der Waals surface area contributed by atoms with Gasteiger partial charge in [-0.25, -0.2) is 0 Å². The number of rotatable bonds is 4. The first kappa shape index (κ1) is 12.1. The molecule has 0 aliphatic heterocycles. The van der Waals surface area contributed by atoms with Crippen LogP contribution in [0.25, 0.3) is 10.9 Å². The third-order valence-electron chi connectivity index (χ3n) is 3.33. The van der Waals surface area contributed by atoms with Gasteiger partial charge in [0.15, 0.2) is 0 Å². The van der Waals surface area contributed by atoms with Crippen molar-refractivity contribution in [2.75, 3.05) is 0 Å². The van der Waals surface area contributed by atoms with E-state index in [9.17, 15) is 5.11 Å². The van der Waals surface area contributed by atoms with Crippen LogP contribution < -0.4 is 0 Å². The van der Waals surface area contributed by atoms with Crippen molar-refractivity contribution in [3.8, 4) is 0 Å². The van der Waals surface area contributed by atoms with E-state index in [1.54, 1.807) is 0 Å². The summed E-state index contributed by atoms with van der Waals surface area (Å²) in [7, 11) is 0. The Bertz CT molecular complexity index is 490. The Balaban J connectivity index is 2.30. The number of aromatic nitrogens is 1. The van der Waals surface area contributed by atoms with Crippen molar-refractivity contribution in [2.24, 2.45) is 5.92 Å². The minimum atomic E-state index is -0.228. The Morgan fingerprint density at radius 3 is 2.76 bits per heavy atom. The predicted molar refractivity (Wildman–Crippen MR) is 70.9 cm³/mol. The Labute approximate surface area is 102 Å². The maximum absolute atomic E-state index is 9.84. The average Bonchev–Trinajstić information content (AvgIpc) is 2.38. The van der Waals surface area contributed by atoms with E-state index in [1.165, 1.54) is 10.9 Å². The maximum Gasteiger partial charge on any atom is 0.0734 e. The van der Waals surface area contributed by atoms with E-state index < -0.39 is 0 Å². The largest absolute Gasteiger partial charge is 0.393 e. The van der Waals surface area contributed by atoms with Crippen molar-refractivity contribution in [2.45, 2.75) is 32.8 Å². The number of aliphatic hydroxyl groups excluding tert-OH is 1. The molecule has 2 unspecified atom stereocenters. The van der Waals surface area contributed by atoms with Gasteiger partial charge in [-0.15, -0.1) is 0 Å². The number of pyridine rings is 1. The molecule has 0 aliphatic carbocycles. The molecule has 2 heteroatoms. The SMILES string of the molecule is CCC(O)C(C)Cc1cccc2cccnc12. The second-order valence-corrected chi connectivity index (χ2v) is 4.65. The zero-order valence-corrected chi connectivity index (χ0v) is 10.4. The highest BCUT2D eigenvalue weighted by Crippen LogP contribution is 2.21. The van der Waals surface area contributed by atoms with E-state index in [4.69, 9.17) is 0 Å². The summed E-state index contributed by atoms with van der Waals surface area (Å²) in [5, 5.41) is 11.0. The summed E-state index contributed by atoms with van der Waals surface area (Å²) >= 11 is 0. The fourth-order valence-electron chi connectivity index (χ4n) is 2.22. The van der Waals surface area contributed by atoms with Crippen LogP contribution in [0.5, 0.6) is 0 Å². The smallest absolute Gasteiger partial charge is 0.0734 e. The summed E-state index contributed by atoms with van der Waals surface area (Å²) in [6.07, 6.45) is 3.28. The van der Waals surface area contributed by atoms with Gasteiger partial charge in [-0.3, -0.25) is 4.98 Å². The minimum Gasteiger partial charge on any atom is -0.393 e. The molecule has 0 saturated heterocycles. The van der Waals surface area contributed by atoms with Crippen molar-refractivity contribution >= 4 is 10.9 Å². The Kier molecular flexibility index (Phi) is 3.75. The predicted octanol–water partition coefficient (Wildman–Crippen LogP) is 3.18. The topological polar surface area (TPSA) is 33.1 Å². The standard InChI is InChI=1S/C15H19NO/c1-3-14(17)11(2)10-13-7-4-6-12-8-5-9-16-15(12)13/h4-9,11,14,17H,3,10H2,1-2H3. The third-order valence-corrected chi connectivity index (χ3v) is 3.33. The average molecular weight is 229 g/mol. The number of nitrogens with zero attached hydrogens (tertiary/aromatic N) is 1. The summed E-state index contributed by atoms with van der Waals surface area (Å²) in [5.74, 6) is 0.271. The first-order valence-electron chi connectivity index (χ1n) is 6.23. The summed E-state index contributed by atoms with van der Waals surface area (Å²) in [6.45, 7) is 4.11. The fraction of sp³-hybridized carbons (Fsp3) is 0.400. The van der Waals surface area contributed by atoms with Crippen molar-refractivity contribution in [1.82, 2.24) is 4.98 Å². The van der Waals surface area contributed by atoms with Gasteiger partial charge in [0.25, 0.3) is 0 Å². The summed E-state index contributed by atoms with van der Waals surface area (Å²) in [5.41, 5.74) is 2.29. The lowest BCUT2D eigenvalue weighted by molar-refractivity contribution is 0.113. The van der Waals surface area contributed by atoms with Crippen LogP contribution >= 0.6 is 0 Å². The van der Waals surface area contributed by atoms with E-state index in [-0.39, 0.29) is 12.0 Å². The van der Waals surface area contributed by atoms with E-state index in [0.29, 0.717) is 0 Å². The zero-order chi connectivity index (χ0) is 12.3. The number of aliphatic hydroxyl groups is 1. The van der Waals surface area contributed by atoms with Crippen LogP contribution in [0, 0.1) is 5.92 Å². The monoisotopic (exact) mass is 229 g/mol. The van der Waals surface area contributed by atoms with Crippen LogP contribution in [0.3, 0.4) is 0 Å². The number of para-hydroxylation sites is 1. The molecule has 0 spiro atoms. The number of hydrogen-bond donors (Lipinski definition) is 1. The Morgan fingerprint density at radius 1 is 1.24 bits per heavy atom. The van der Waals surface area contributed by atoms with Crippen molar-refractivity contribution in [3.63, 3.8) is 0 Å². The molecule has 2 nitrogen and oxygen atoms in total. The Hall–Kier alpha value is -1.41. The molecular weight excluding hydrogens is 210 g/mol. The first-order chi connectivity index (χ1) is 8.22.